The Morgan fingerprint density at radius 3 is 1.20 bits per heavy atom. The van der Waals surface area contributed by atoms with E-state index in [-0.39, 0.29) is 5.41 Å². The summed E-state index contributed by atoms with van der Waals surface area (Å²) in [5.41, 5.74) is 18.5. The van der Waals surface area contributed by atoms with Crippen molar-refractivity contribution in [1.82, 2.24) is 15.0 Å². The molecule has 0 radical (unpaired) electrons. The predicted octanol–water partition coefficient (Wildman–Crippen LogP) is 14.8. The van der Waals surface area contributed by atoms with Gasteiger partial charge < -0.3 is 0 Å². The van der Waals surface area contributed by atoms with Crippen molar-refractivity contribution in [3.63, 3.8) is 0 Å². The Labute approximate surface area is 352 Å². The molecule has 3 nitrogen and oxygen atoms in total. The minimum Gasteiger partial charge on any atom is -0.208 e. The first-order valence-electron chi connectivity index (χ1n) is 21.2. The molecular weight excluding hydrogens is 727 g/mol. The smallest absolute Gasteiger partial charge is 0.164 e. The van der Waals surface area contributed by atoms with Gasteiger partial charge in [0.15, 0.2) is 17.5 Å². The number of nitrogens with zero attached hydrogens (tertiary/aromatic N) is 3. The van der Waals surface area contributed by atoms with Gasteiger partial charge in [-0.1, -0.05) is 201 Å². The van der Waals surface area contributed by atoms with Gasteiger partial charge in [0.1, 0.15) is 0 Å². The van der Waals surface area contributed by atoms with Crippen LogP contribution in [0.5, 0.6) is 0 Å². The van der Waals surface area contributed by atoms with Gasteiger partial charge in [-0.05, 0) is 97.8 Å². The van der Waals surface area contributed by atoms with Gasteiger partial charge >= 0.3 is 0 Å². The summed E-state index contributed by atoms with van der Waals surface area (Å²) < 4.78 is 0. The molecule has 286 valence electrons. The molecule has 0 unspecified atom stereocenters. The summed E-state index contributed by atoms with van der Waals surface area (Å²) in [6.07, 6.45) is 6.41. The summed E-state index contributed by atoms with van der Waals surface area (Å²) in [7, 11) is 0. The summed E-state index contributed by atoms with van der Waals surface area (Å²) >= 11 is 0. The highest BCUT2D eigenvalue weighted by Gasteiger charge is 2.43. The molecule has 60 heavy (non-hydrogen) atoms. The maximum absolute atomic E-state index is 5.02. The summed E-state index contributed by atoms with van der Waals surface area (Å²) in [6, 6.07) is 71.9. The third-order valence-electron chi connectivity index (χ3n) is 12.8. The zero-order valence-electron chi connectivity index (χ0n) is 33.4. The van der Waals surface area contributed by atoms with Gasteiger partial charge in [-0.2, -0.15) is 0 Å². The van der Waals surface area contributed by atoms with E-state index < -0.39 is 0 Å². The van der Waals surface area contributed by atoms with E-state index in [1.54, 1.807) is 0 Å². The van der Waals surface area contributed by atoms with E-state index in [9.17, 15) is 0 Å². The van der Waals surface area contributed by atoms with E-state index in [0.29, 0.717) is 17.5 Å². The Bertz CT molecular complexity index is 2980. The maximum atomic E-state index is 5.02. The topological polar surface area (TPSA) is 38.7 Å². The van der Waals surface area contributed by atoms with Crippen LogP contribution in [-0.2, 0) is 5.41 Å². The second-order valence-corrected chi connectivity index (χ2v) is 16.3. The van der Waals surface area contributed by atoms with Crippen LogP contribution in [0.15, 0.2) is 200 Å². The van der Waals surface area contributed by atoms with E-state index in [0.717, 1.165) is 27.8 Å². The number of fused-ring (bicyclic) bond motifs is 5. The average Bonchev–Trinajstić information content (AvgIpc) is 3.60. The van der Waals surface area contributed by atoms with Crippen LogP contribution in [0.2, 0.25) is 0 Å². The van der Waals surface area contributed by atoms with Gasteiger partial charge in [0.2, 0.25) is 0 Å². The van der Waals surface area contributed by atoms with Crippen molar-refractivity contribution >= 4 is 0 Å². The quantitative estimate of drug-likeness (QED) is 0.162. The van der Waals surface area contributed by atoms with Crippen LogP contribution in [0.3, 0.4) is 0 Å². The number of hydrogen-bond acceptors (Lipinski definition) is 3. The Hall–Kier alpha value is -7.23. The van der Waals surface area contributed by atoms with E-state index in [1.165, 1.54) is 87.7 Å². The molecule has 0 bridgehead atoms. The fourth-order valence-corrected chi connectivity index (χ4v) is 9.69. The Balaban J connectivity index is 0.891. The first-order valence-corrected chi connectivity index (χ1v) is 21.2. The normalized spacial score (nSPS) is 13.8. The zero-order chi connectivity index (χ0) is 39.9. The van der Waals surface area contributed by atoms with Gasteiger partial charge in [0, 0.05) is 22.1 Å². The van der Waals surface area contributed by atoms with Gasteiger partial charge in [0.05, 0.1) is 0 Å². The van der Waals surface area contributed by atoms with Crippen molar-refractivity contribution in [1.29, 1.82) is 0 Å². The monoisotopic (exact) mass is 769 g/mol. The molecule has 1 aromatic heterocycles. The third-order valence-corrected chi connectivity index (χ3v) is 12.8. The summed E-state index contributed by atoms with van der Waals surface area (Å²) in [6.45, 7) is 0. The number of benzene rings is 8. The lowest BCUT2D eigenvalue weighted by atomic mass is 9.67. The van der Waals surface area contributed by atoms with E-state index >= 15 is 0 Å². The van der Waals surface area contributed by atoms with Crippen molar-refractivity contribution in [3.8, 4) is 89.8 Å². The number of aromatic nitrogens is 3. The molecule has 1 saturated carbocycles. The van der Waals surface area contributed by atoms with Crippen molar-refractivity contribution in [2.75, 3.05) is 0 Å². The number of hydrogen-bond donors (Lipinski definition) is 0. The molecule has 0 saturated heterocycles. The SMILES string of the molecule is c1ccc(-c2ccc(-c3nc(-c4ccccc4)nc(-c4ccc(-c5cccc(-c6cccc(-c7ccc8c(c7)C7(CCCCC7)c7ccccc7-8)c6)c5)cc4)n3)cc2)cc1. The molecule has 0 atom stereocenters. The molecule has 0 amide bonds. The second kappa shape index (κ2) is 15.2. The van der Waals surface area contributed by atoms with Crippen molar-refractivity contribution in [2.45, 2.75) is 37.5 Å². The fourth-order valence-electron chi connectivity index (χ4n) is 9.69. The van der Waals surface area contributed by atoms with Crippen molar-refractivity contribution in [2.24, 2.45) is 0 Å². The molecule has 9 aromatic rings. The van der Waals surface area contributed by atoms with Gasteiger partial charge in [-0.15, -0.1) is 0 Å². The number of rotatable bonds is 7. The highest BCUT2D eigenvalue weighted by Crippen LogP contribution is 2.56. The minimum atomic E-state index is 0.146. The van der Waals surface area contributed by atoms with Crippen LogP contribution in [0, 0.1) is 0 Å². The average molecular weight is 770 g/mol. The highest BCUT2D eigenvalue weighted by molar-refractivity contribution is 5.85. The van der Waals surface area contributed by atoms with Crippen LogP contribution >= 0.6 is 0 Å². The first kappa shape index (κ1) is 35.9. The summed E-state index contributed by atoms with van der Waals surface area (Å²) in [5, 5.41) is 0. The molecule has 1 spiro atoms. The highest BCUT2D eigenvalue weighted by atomic mass is 15.0. The largest absolute Gasteiger partial charge is 0.208 e. The van der Waals surface area contributed by atoms with E-state index in [1.807, 2.05) is 36.4 Å². The molecule has 11 rings (SSSR count). The standard InChI is InChI=1S/C57H43N3/c1-4-14-39(15-5-1)40-24-28-43(29-25-40)55-58-54(42-16-6-2-7-17-42)59-56(60-55)44-30-26-41(27-31-44)45-18-12-19-46(36-45)47-20-13-21-48(37-47)49-32-33-51-50-22-8-9-23-52(50)57(53(51)38-49)34-10-3-11-35-57/h1-2,4-9,12-33,36-38H,3,10-11,34-35H2. The Kier molecular flexibility index (Phi) is 9.08. The Morgan fingerprint density at radius 1 is 0.267 bits per heavy atom. The van der Waals surface area contributed by atoms with Crippen molar-refractivity contribution < 1.29 is 0 Å². The van der Waals surface area contributed by atoms with E-state index in [2.05, 4.69) is 164 Å². The van der Waals surface area contributed by atoms with Gasteiger partial charge in [0.25, 0.3) is 0 Å². The molecular formula is C57H43N3. The van der Waals surface area contributed by atoms with Gasteiger partial charge in [-0.25, -0.2) is 15.0 Å². The molecule has 1 fully saturated rings. The van der Waals surface area contributed by atoms with E-state index in [4.69, 9.17) is 15.0 Å². The minimum absolute atomic E-state index is 0.146. The lowest BCUT2D eigenvalue weighted by Crippen LogP contribution is -2.28. The van der Waals surface area contributed by atoms with Gasteiger partial charge in [-0.3, -0.25) is 0 Å². The Morgan fingerprint density at radius 2 is 0.633 bits per heavy atom. The predicted molar refractivity (Wildman–Crippen MR) is 247 cm³/mol. The molecule has 3 heteroatoms. The molecule has 1 heterocycles. The van der Waals surface area contributed by atoms with Crippen LogP contribution in [0.4, 0.5) is 0 Å². The maximum Gasteiger partial charge on any atom is 0.164 e. The lowest BCUT2D eigenvalue weighted by molar-refractivity contribution is 0.353. The second-order valence-electron chi connectivity index (χ2n) is 16.3. The van der Waals surface area contributed by atoms with Crippen LogP contribution in [0.25, 0.3) is 89.8 Å². The molecule has 8 aromatic carbocycles. The molecule has 0 aliphatic heterocycles. The third kappa shape index (κ3) is 6.53. The van der Waals surface area contributed by atoms with Crippen LogP contribution in [0.1, 0.15) is 43.2 Å². The molecule has 2 aliphatic carbocycles. The molecule has 0 N–H and O–H groups in total. The lowest BCUT2D eigenvalue weighted by Gasteiger charge is -2.36. The zero-order valence-corrected chi connectivity index (χ0v) is 33.4. The molecule has 2 aliphatic rings. The summed E-state index contributed by atoms with van der Waals surface area (Å²) in [5.74, 6) is 1.95. The fraction of sp³-hybridized carbons (Fsp3) is 0.105. The van der Waals surface area contributed by atoms with Crippen LogP contribution < -0.4 is 0 Å². The summed E-state index contributed by atoms with van der Waals surface area (Å²) in [4.78, 5) is 15.0. The van der Waals surface area contributed by atoms with Crippen molar-refractivity contribution in [3.05, 3.63) is 211 Å². The van der Waals surface area contributed by atoms with Crippen LogP contribution in [-0.4, -0.2) is 15.0 Å². The first-order chi connectivity index (χ1) is 29.7.